The van der Waals surface area contributed by atoms with Crippen molar-refractivity contribution in [2.24, 2.45) is 0 Å². The van der Waals surface area contributed by atoms with Crippen LogP contribution >= 0.6 is 11.3 Å². The molecule has 138 valence electrons. The minimum absolute atomic E-state index is 0.0978. The molecule has 0 spiro atoms. The first kappa shape index (κ1) is 17.3. The van der Waals surface area contributed by atoms with Crippen LogP contribution in [0.4, 0.5) is 14.9 Å². The molecule has 3 aromatic rings. The molecule has 6 nitrogen and oxygen atoms in total. The molecular formula is C19H16FN3O3S. The lowest BCUT2D eigenvalue weighted by atomic mass is 10.1. The van der Waals surface area contributed by atoms with Crippen molar-refractivity contribution in [3.05, 3.63) is 53.3 Å². The normalized spacial score (nSPS) is 14.3. The molecule has 3 N–H and O–H groups in total. The van der Waals surface area contributed by atoms with Crippen molar-refractivity contribution < 1.29 is 19.0 Å². The van der Waals surface area contributed by atoms with Crippen molar-refractivity contribution in [3.8, 4) is 11.5 Å². The number of carbonyl (C=O) groups is 1. The predicted molar refractivity (Wildman–Crippen MR) is 103 cm³/mol. The minimum atomic E-state index is -0.912. The number of ether oxygens (including phenoxy) is 1. The zero-order chi connectivity index (χ0) is 19.0. The zero-order valence-corrected chi connectivity index (χ0v) is 15.0. The molecule has 4 rings (SSSR count). The van der Waals surface area contributed by atoms with E-state index >= 15 is 0 Å². The van der Waals surface area contributed by atoms with Crippen LogP contribution in [0.1, 0.15) is 11.3 Å². The highest BCUT2D eigenvalue weighted by atomic mass is 32.1. The number of pyridine rings is 1. The van der Waals surface area contributed by atoms with E-state index in [1.807, 2.05) is 12.1 Å². The van der Waals surface area contributed by atoms with E-state index in [0.29, 0.717) is 30.9 Å². The van der Waals surface area contributed by atoms with Gasteiger partial charge in [-0.25, -0.2) is 9.18 Å². The summed E-state index contributed by atoms with van der Waals surface area (Å²) in [6.45, 7) is 0.829. The molecule has 0 bridgehead atoms. The Morgan fingerprint density at radius 3 is 2.85 bits per heavy atom. The number of carboxylic acid groups (broad SMARTS) is 1. The Morgan fingerprint density at radius 2 is 2.15 bits per heavy atom. The second-order valence-electron chi connectivity index (χ2n) is 6.13. The standard InChI is InChI=1S/C19H16FN3O3S/c20-13-9-12(21)1-2-15(13)26-16-3-6-22-14-10-17(27-18(14)16)11-4-7-23(8-5-11)19(24)25/h1-4,6,9-10H,5,7-8,21H2,(H,24,25). The van der Waals surface area contributed by atoms with Crippen molar-refractivity contribution in [3.63, 3.8) is 0 Å². The number of hydrogen-bond acceptors (Lipinski definition) is 5. The first-order valence-electron chi connectivity index (χ1n) is 8.30. The van der Waals surface area contributed by atoms with Crippen molar-refractivity contribution in [2.75, 3.05) is 18.8 Å². The average Bonchev–Trinajstić information content (AvgIpc) is 3.09. The Kier molecular flexibility index (Phi) is 4.41. The molecule has 0 fully saturated rings. The summed E-state index contributed by atoms with van der Waals surface area (Å²) in [5.74, 6) is 0.0876. The summed E-state index contributed by atoms with van der Waals surface area (Å²) in [5.41, 5.74) is 7.75. The number of thiophene rings is 1. The summed E-state index contributed by atoms with van der Waals surface area (Å²) < 4.78 is 20.6. The lowest BCUT2D eigenvalue weighted by molar-refractivity contribution is 0.150. The van der Waals surface area contributed by atoms with Crippen molar-refractivity contribution >= 4 is 38.9 Å². The third-order valence-electron chi connectivity index (χ3n) is 4.35. The summed E-state index contributed by atoms with van der Waals surface area (Å²) in [7, 11) is 0. The van der Waals surface area contributed by atoms with E-state index in [4.69, 9.17) is 15.6 Å². The number of aromatic nitrogens is 1. The Morgan fingerprint density at radius 1 is 1.30 bits per heavy atom. The lowest BCUT2D eigenvalue weighted by Gasteiger charge is -2.23. The maximum Gasteiger partial charge on any atom is 0.407 e. The number of halogens is 1. The van der Waals surface area contributed by atoms with E-state index in [-0.39, 0.29) is 5.75 Å². The van der Waals surface area contributed by atoms with E-state index in [2.05, 4.69) is 4.98 Å². The number of nitrogen functional groups attached to an aromatic ring is 1. The fourth-order valence-corrected chi connectivity index (χ4v) is 4.07. The maximum atomic E-state index is 14.1. The topological polar surface area (TPSA) is 88.7 Å². The van der Waals surface area contributed by atoms with Crippen LogP contribution in [-0.4, -0.2) is 34.2 Å². The van der Waals surface area contributed by atoms with Gasteiger partial charge in [-0.3, -0.25) is 4.98 Å². The molecule has 1 aliphatic rings. The molecule has 0 aliphatic carbocycles. The highest BCUT2D eigenvalue weighted by molar-refractivity contribution is 7.20. The van der Waals surface area contributed by atoms with Crippen molar-refractivity contribution in [2.45, 2.75) is 6.42 Å². The minimum Gasteiger partial charge on any atom is -0.465 e. The molecule has 0 radical (unpaired) electrons. The van der Waals surface area contributed by atoms with Gasteiger partial charge in [0.15, 0.2) is 11.6 Å². The molecule has 0 unspecified atom stereocenters. The summed E-state index contributed by atoms with van der Waals surface area (Å²) in [5, 5.41) is 9.06. The maximum absolute atomic E-state index is 14.1. The van der Waals surface area contributed by atoms with E-state index in [9.17, 15) is 9.18 Å². The van der Waals surface area contributed by atoms with Crippen LogP contribution in [0.25, 0.3) is 15.8 Å². The van der Waals surface area contributed by atoms with Crippen LogP contribution in [0.15, 0.2) is 42.6 Å². The number of nitrogens with zero attached hydrogens (tertiary/aromatic N) is 2. The quantitative estimate of drug-likeness (QED) is 0.645. The van der Waals surface area contributed by atoms with Crippen molar-refractivity contribution in [1.29, 1.82) is 0 Å². The fourth-order valence-electron chi connectivity index (χ4n) is 2.94. The third kappa shape index (κ3) is 3.43. The summed E-state index contributed by atoms with van der Waals surface area (Å²) in [4.78, 5) is 17.8. The summed E-state index contributed by atoms with van der Waals surface area (Å²) in [6, 6.07) is 7.94. The summed E-state index contributed by atoms with van der Waals surface area (Å²) in [6.07, 6.45) is 3.26. The van der Waals surface area contributed by atoms with E-state index < -0.39 is 11.9 Å². The molecule has 2 aromatic heterocycles. The van der Waals surface area contributed by atoms with E-state index in [1.54, 1.807) is 18.3 Å². The van der Waals surface area contributed by atoms with Gasteiger partial charge >= 0.3 is 6.09 Å². The van der Waals surface area contributed by atoms with Gasteiger partial charge in [0.05, 0.1) is 10.2 Å². The van der Waals surface area contributed by atoms with Gasteiger partial charge < -0.3 is 20.5 Å². The zero-order valence-electron chi connectivity index (χ0n) is 14.2. The Bertz CT molecular complexity index is 1060. The van der Waals surface area contributed by atoms with Crippen LogP contribution < -0.4 is 10.5 Å². The molecule has 0 saturated carbocycles. The van der Waals surface area contributed by atoms with Crippen LogP contribution in [0.5, 0.6) is 11.5 Å². The van der Waals surface area contributed by atoms with Crippen LogP contribution in [0, 0.1) is 5.82 Å². The molecule has 1 aliphatic heterocycles. The Balaban J connectivity index is 1.65. The molecule has 1 amide bonds. The molecule has 8 heteroatoms. The van der Waals surface area contributed by atoms with Crippen LogP contribution in [0.2, 0.25) is 0 Å². The first-order chi connectivity index (χ1) is 13.0. The number of nitrogens with two attached hydrogens (primary N) is 1. The van der Waals surface area contributed by atoms with Crippen LogP contribution in [0.3, 0.4) is 0 Å². The third-order valence-corrected chi connectivity index (χ3v) is 5.56. The molecule has 0 atom stereocenters. The Hall–Kier alpha value is -3.13. The van der Waals surface area contributed by atoms with Gasteiger partial charge in [0.25, 0.3) is 0 Å². The molecule has 3 heterocycles. The number of benzene rings is 1. The van der Waals surface area contributed by atoms with Crippen LogP contribution in [-0.2, 0) is 0 Å². The summed E-state index contributed by atoms with van der Waals surface area (Å²) >= 11 is 1.50. The second kappa shape index (κ2) is 6.88. The second-order valence-corrected chi connectivity index (χ2v) is 7.19. The van der Waals surface area contributed by atoms with Gasteiger partial charge in [0, 0.05) is 42.0 Å². The van der Waals surface area contributed by atoms with Crippen molar-refractivity contribution in [1.82, 2.24) is 9.88 Å². The monoisotopic (exact) mass is 385 g/mol. The molecular weight excluding hydrogens is 369 g/mol. The number of hydrogen-bond donors (Lipinski definition) is 2. The van der Waals surface area contributed by atoms with Gasteiger partial charge in [-0.1, -0.05) is 6.08 Å². The van der Waals surface area contributed by atoms with Gasteiger partial charge in [-0.05, 0) is 30.2 Å². The smallest absolute Gasteiger partial charge is 0.407 e. The predicted octanol–water partition coefficient (Wildman–Crippen LogP) is 4.58. The average molecular weight is 385 g/mol. The van der Waals surface area contributed by atoms with Gasteiger partial charge in [-0.2, -0.15) is 0 Å². The van der Waals surface area contributed by atoms with Gasteiger partial charge in [0.2, 0.25) is 0 Å². The number of amides is 1. The molecule has 27 heavy (non-hydrogen) atoms. The molecule has 1 aromatic carbocycles. The van der Waals surface area contributed by atoms with Gasteiger partial charge in [0.1, 0.15) is 5.75 Å². The highest BCUT2D eigenvalue weighted by Crippen LogP contribution is 2.39. The SMILES string of the molecule is Nc1ccc(Oc2ccnc3cc(C4=CCN(C(=O)O)CC4)sc23)c(F)c1. The Labute approximate surface area is 158 Å². The highest BCUT2D eigenvalue weighted by Gasteiger charge is 2.19. The number of fused-ring (bicyclic) bond motifs is 1. The largest absolute Gasteiger partial charge is 0.465 e. The number of rotatable bonds is 3. The molecule has 0 saturated heterocycles. The van der Waals surface area contributed by atoms with Gasteiger partial charge in [-0.15, -0.1) is 11.3 Å². The first-order valence-corrected chi connectivity index (χ1v) is 9.11. The lowest BCUT2D eigenvalue weighted by Crippen LogP contribution is -2.33. The fraction of sp³-hybridized carbons (Fsp3) is 0.158. The van der Waals surface area contributed by atoms with E-state index in [1.165, 1.54) is 28.4 Å². The van der Waals surface area contributed by atoms with E-state index in [0.717, 1.165) is 20.7 Å². The number of anilines is 1.